The maximum Gasteiger partial charge on any atom is 0.162 e. The topological polar surface area (TPSA) is 44.8 Å². The average Bonchev–Trinajstić information content (AvgIpc) is 2.56. The number of benzene rings is 1. The second-order valence-electron chi connectivity index (χ2n) is 5.72. The zero-order valence-electron chi connectivity index (χ0n) is 13.4. The van der Waals surface area contributed by atoms with E-state index < -0.39 is 0 Å². The fourth-order valence-electron chi connectivity index (χ4n) is 2.49. The lowest BCUT2D eigenvalue weighted by molar-refractivity contribution is 0.00776. The summed E-state index contributed by atoms with van der Waals surface area (Å²) in [6, 6.07) is 5.21. The maximum atomic E-state index is 10.7. The molecule has 1 aliphatic heterocycles. The van der Waals surface area contributed by atoms with Crippen molar-refractivity contribution in [2.75, 3.05) is 19.8 Å². The normalized spacial score (nSPS) is 16.5. The summed E-state index contributed by atoms with van der Waals surface area (Å²) in [5.41, 5.74) is 0.597. The molecule has 4 heteroatoms. The molecular weight excluding hydrogens is 280 g/mol. The highest BCUT2D eigenvalue weighted by Crippen LogP contribution is 2.32. The summed E-state index contributed by atoms with van der Waals surface area (Å²) in [6.45, 7) is 4.02. The van der Waals surface area contributed by atoms with Crippen LogP contribution in [0.1, 0.15) is 55.8 Å². The Kier molecular flexibility index (Phi) is 7.23. The summed E-state index contributed by atoms with van der Waals surface area (Å²) in [4.78, 5) is 10.7. The number of fused-ring (bicyclic) bond motifs is 1. The Morgan fingerprint density at radius 1 is 1.18 bits per heavy atom. The lowest BCUT2D eigenvalue weighted by atomic mass is 10.1. The lowest BCUT2D eigenvalue weighted by Crippen LogP contribution is -2.33. The second-order valence-corrected chi connectivity index (χ2v) is 5.72. The highest BCUT2D eigenvalue weighted by atomic mass is 16.6. The number of unbranched alkanes of at least 4 members (excludes halogenated alkanes) is 5. The maximum absolute atomic E-state index is 10.7. The van der Waals surface area contributed by atoms with Crippen molar-refractivity contribution in [3.05, 3.63) is 23.8 Å². The van der Waals surface area contributed by atoms with Crippen LogP contribution in [0, 0.1) is 0 Å². The van der Waals surface area contributed by atoms with Gasteiger partial charge >= 0.3 is 0 Å². The molecule has 122 valence electrons. The van der Waals surface area contributed by atoms with Gasteiger partial charge in [-0.25, -0.2) is 0 Å². The van der Waals surface area contributed by atoms with Crippen LogP contribution in [-0.2, 0) is 4.74 Å². The van der Waals surface area contributed by atoms with Gasteiger partial charge in [0, 0.05) is 12.2 Å². The fourth-order valence-corrected chi connectivity index (χ4v) is 2.49. The Balaban J connectivity index is 1.61. The van der Waals surface area contributed by atoms with Gasteiger partial charge in [0.05, 0.1) is 6.61 Å². The van der Waals surface area contributed by atoms with Crippen LogP contribution in [0.5, 0.6) is 11.5 Å². The average molecular weight is 306 g/mol. The molecule has 0 aliphatic carbocycles. The fraction of sp³-hybridized carbons (Fsp3) is 0.611. The minimum atomic E-state index is -0.0744. The van der Waals surface area contributed by atoms with Crippen molar-refractivity contribution in [3.8, 4) is 11.5 Å². The van der Waals surface area contributed by atoms with E-state index in [0.717, 1.165) is 19.3 Å². The van der Waals surface area contributed by atoms with E-state index in [0.29, 0.717) is 30.3 Å². The first kappa shape index (κ1) is 16.8. The molecule has 0 saturated heterocycles. The molecule has 1 aromatic rings. The molecule has 0 saturated carbocycles. The van der Waals surface area contributed by atoms with Crippen LogP contribution in [0.15, 0.2) is 18.2 Å². The molecule has 0 N–H and O–H groups in total. The van der Waals surface area contributed by atoms with Crippen molar-refractivity contribution in [3.63, 3.8) is 0 Å². The number of aldehydes is 1. The van der Waals surface area contributed by atoms with E-state index in [9.17, 15) is 4.79 Å². The molecule has 22 heavy (non-hydrogen) atoms. The van der Waals surface area contributed by atoms with Gasteiger partial charge in [0.25, 0.3) is 0 Å². The van der Waals surface area contributed by atoms with E-state index in [-0.39, 0.29) is 6.10 Å². The molecule has 0 aromatic heterocycles. The first-order valence-electron chi connectivity index (χ1n) is 8.30. The predicted octanol–water partition coefficient (Wildman–Crippen LogP) is 4.02. The number of ether oxygens (including phenoxy) is 3. The van der Waals surface area contributed by atoms with Crippen molar-refractivity contribution in [2.45, 2.75) is 51.6 Å². The molecule has 4 nitrogen and oxygen atoms in total. The Labute approximate surface area is 132 Å². The highest BCUT2D eigenvalue weighted by molar-refractivity contribution is 5.76. The van der Waals surface area contributed by atoms with E-state index in [1.807, 2.05) is 0 Å². The largest absolute Gasteiger partial charge is 0.486 e. The van der Waals surface area contributed by atoms with Crippen molar-refractivity contribution >= 4 is 6.29 Å². The molecule has 1 unspecified atom stereocenters. The summed E-state index contributed by atoms with van der Waals surface area (Å²) < 4.78 is 17.1. The van der Waals surface area contributed by atoms with Crippen LogP contribution in [0.3, 0.4) is 0 Å². The van der Waals surface area contributed by atoms with Crippen LogP contribution >= 0.6 is 0 Å². The Bertz CT molecular complexity index is 458. The van der Waals surface area contributed by atoms with Crippen molar-refractivity contribution < 1.29 is 19.0 Å². The molecule has 0 fully saturated rings. The summed E-state index contributed by atoms with van der Waals surface area (Å²) in [7, 11) is 0. The molecular formula is C18H26O4. The highest BCUT2D eigenvalue weighted by Gasteiger charge is 2.21. The minimum Gasteiger partial charge on any atom is -0.486 e. The first-order chi connectivity index (χ1) is 10.8. The van der Waals surface area contributed by atoms with Crippen LogP contribution in [0.4, 0.5) is 0 Å². The molecule has 1 aromatic carbocycles. The molecule has 0 bridgehead atoms. The molecule has 1 aliphatic rings. The Hall–Kier alpha value is -1.55. The van der Waals surface area contributed by atoms with Gasteiger partial charge in [-0.1, -0.05) is 39.0 Å². The van der Waals surface area contributed by atoms with E-state index in [4.69, 9.17) is 14.2 Å². The number of carbonyl (C=O) groups excluding carboxylic acids is 1. The smallest absolute Gasteiger partial charge is 0.162 e. The Morgan fingerprint density at radius 3 is 2.82 bits per heavy atom. The van der Waals surface area contributed by atoms with Crippen LogP contribution < -0.4 is 9.47 Å². The molecule has 1 atom stereocenters. The minimum absolute atomic E-state index is 0.0744. The van der Waals surface area contributed by atoms with Gasteiger partial charge in [0.2, 0.25) is 0 Å². The van der Waals surface area contributed by atoms with Gasteiger partial charge in [-0.3, -0.25) is 4.79 Å². The third-order valence-electron chi connectivity index (χ3n) is 3.77. The zero-order chi connectivity index (χ0) is 15.6. The van der Waals surface area contributed by atoms with E-state index >= 15 is 0 Å². The van der Waals surface area contributed by atoms with Gasteiger partial charge in [-0.15, -0.1) is 0 Å². The molecule has 0 amide bonds. The lowest BCUT2D eigenvalue weighted by Gasteiger charge is -2.26. The van der Waals surface area contributed by atoms with Gasteiger partial charge in [0.15, 0.2) is 17.6 Å². The third kappa shape index (κ3) is 5.34. The zero-order valence-corrected chi connectivity index (χ0v) is 13.4. The SMILES string of the molecule is CCCCCCCCOCC1COc2cc(C=O)ccc2O1. The first-order valence-corrected chi connectivity index (χ1v) is 8.30. The second kappa shape index (κ2) is 9.46. The monoisotopic (exact) mass is 306 g/mol. The van der Waals surface area contributed by atoms with Crippen molar-refractivity contribution in [1.82, 2.24) is 0 Å². The van der Waals surface area contributed by atoms with Crippen LogP contribution in [0.2, 0.25) is 0 Å². The molecule has 0 radical (unpaired) electrons. The van der Waals surface area contributed by atoms with Gasteiger partial charge in [0.1, 0.15) is 12.9 Å². The summed E-state index contributed by atoms with van der Waals surface area (Å²) in [5.74, 6) is 1.32. The predicted molar refractivity (Wildman–Crippen MR) is 85.9 cm³/mol. The molecule has 1 heterocycles. The number of rotatable bonds is 10. The summed E-state index contributed by atoms with van der Waals surface area (Å²) >= 11 is 0. The van der Waals surface area contributed by atoms with Gasteiger partial charge in [-0.05, 0) is 24.6 Å². The van der Waals surface area contributed by atoms with Crippen LogP contribution in [0.25, 0.3) is 0 Å². The van der Waals surface area contributed by atoms with E-state index in [1.165, 1.54) is 32.1 Å². The van der Waals surface area contributed by atoms with E-state index in [1.54, 1.807) is 18.2 Å². The van der Waals surface area contributed by atoms with Gasteiger partial charge in [-0.2, -0.15) is 0 Å². The van der Waals surface area contributed by atoms with Crippen LogP contribution in [-0.4, -0.2) is 32.2 Å². The number of carbonyl (C=O) groups is 1. The molecule has 2 rings (SSSR count). The third-order valence-corrected chi connectivity index (χ3v) is 3.77. The summed E-state index contributed by atoms with van der Waals surface area (Å²) in [6.07, 6.45) is 8.32. The van der Waals surface area contributed by atoms with E-state index in [2.05, 4.69) is 6.92 Å². The van der Waals surface area contributed by atoms with Gasteiger partial charge < -0.3 is 14.2 Å². The number of hydrogen-bond donors (Lipinski definition) is 0. The van der Waals surface area contributed by atoms with Crippen molar-refractivity contribution in [1.29, 1.82) is 0 Å². The standard InChI is InChI=1S/C18H26O4/c1-2-3-4-5-6-7-10-20-13-16-14-21-18-11-15(12-19)8-9-17(18)22-16/h8-9,11-12,16H,2-7,10,13-14H2,1H3. The molecule has 0 spiro atoms. The Morgan fingerprint density at radius 2 is 2.00 bits per heavy atom. The summed E-state index contributed by atoms with van der Waals surface area (Å²) in [5, 5.41) is 0. The van der Waals surface area contributed by atoms with Crippen molar-refractivity contribution in [2.24, 2.45) is 0 Å². The quantitative estimate of drug-likeness (QED) is 0.484. The number of hydrogen-bond acceptors (Lipinski definition) is 4.